The highest BCUT2D eigenvalue weighted by molar-refractivity contribution is 6.00. The van der Waals surface area contributed by atoms with Crippen LogP contribution in [0.4, 0.5) is 17.6 Å². The van der Waals surface area contributed by atoms with Crippen LogP contribution >= 0.6 is 0 Å². The molecule has 10 heteroatoms. The Morgan fingerprint density at radius 1 is 1.18 bits per heavy atom. The van der Waals surface area contributed by atoms with Gasteiger partial charge >= 0.3 is 6.18 Å². The number of likely N-dealkylation sites (tertiary alicyclic amines) is 1. The molecule has 4 atom stereocenters. The van der Waals surface area contributed by atoms with Gasteiger partial charge < -0.3 is 14.1 Å². The summed E-state index contributed by atoms with van der Waals surface area (Å²) in [5, 5.41) is 0. The molecule has 0 radical (unpaired) electrons. The average molecular weight is 459 g/mol. The third-order valence-corrected chi connectivity index (χ3v) is 7.03. The second kappa shape index (κ2) is 6.79. The van der Waals surface area contributed by atoms with Gasteiger partial charge in [-0.3, -0.25) is 4.79 Å². The summed E-state index contributed by atoms with van der Waals surface area (Å²) >= 11 is 0. The van der Waals surface area contributed by atoms with E-state index in [1.165, 1.54) is 36.7 Å². The number of carbonyl (C=O) groups excluding carboxylic acids is 1. The Labute approximate surface area is 185 Å². The second-order valence-electron chi connectivity index (χ2n) is 8.81. The van der Waals surface area contributed by atoms with E-state index in [1.807, 2.05) is 0 Å². The molecule has 1 aromatic carbocycles. The zero-order valence-corrected chi connectivity index (χ0v) is 17.1. The molecule has 6 nitrogen and oxygen atoms in total. The zero-order valence-electron chi connectivity index (χ0n) is 17.1. The van der Waals surface area contributed by atoms with Crippen molar-refractivity contribution in [3.8, 4) is 17.3 Å². The molecule has 2 aromatic heterocycles. The van der Waals surface area contributed by atoms with Gasteiger partial charge in [0.05, 0.1) is 28.9 Å². The third-order valence-electron chi connectivity index (χ3n) is 7.03. The standard InChI is InChI=1S/C23H17F4N3O3/c24-14-2-3-15(20-28-5-6-32-20)16(7-14)21(31)30-11-13-8-22(13)9-17(19(22)30)33-18-4-1-12(10-29-18)23(25,26)27/h1-7,10,13,17,19H,8-9,11H2. The van der Waals surface area contributed by atoms with E-state index in [0.29, 0.717) is 24.4 Å². The first-order valence-electron chi connectivity index (χ1n) is 10.5. The lowest BCUT2D eigenvalue weighted by molar-refractivity contribution is -0.137. The predicted octanol–water partition coefficient (Wildman–Crippen LogP) is 4.58. The average Bonchev–Trinajstić information content (AvgIpc) is 3.14. The molecule has 6 rings (SSSR count). The Hall–Kier alpha value is -3.43. The lowest BCUT2D eigenvalue weighted by Crippen LogP contribution is -2.59. The van der Waals surface area contributed by atoms with Crippen molar-refractivity contribution in [1.29, 1.82) is 0 Å². The molecule has 3 fully saturated rings. The van der Waals surface area contributed by atoms with Gasteiger partial charge in [-0.25, -0.2) is 14.4 Å². The quantitative estimate of drug-likeness (QED) is 0.535. The topological polar surface area (TPSA) is 68.5 Å². The lowest BCUT2D eigenvalue weighted by atomic mass is 9.73. The first-order valence-corrected chi connectivity index (χ1v) is 10.5. The van der Waals surface area contributed by atoms with Gasteiger partial charge in [-0.1, -0.05) is 0 Å². The van der Waals surface area contributed by atoms with Crippen molar-refractivity contribution in [2.24, 2.45) is 11.3 Å². The van der Waals surface area contributed by atoms with Gasteiger partial charge in [0.2, 0.25) is 11.8 Å². The normalized spacial score (nSPS) is 27.5. The number of hydrogen-bond acceptors (Lipinski definition) is 5. The number of nitrogens with zero attached hydrogens (tertiary/aromatic N) is 3. The highest BCUT2D eigenvalue weighted by atomic mass is 19.4. The Balaban J connectivity index is 1.26. The van der Waals surface area contributed by atoms with Crippen LogP contribution in [-0.2, 0) is 6.18 Å². The number of benzene rings is 1. The first-order chi connectivity index (χ1) is 15.8. The van der Waals surface area contributed by atoms with Crippen LogP contribution in [0.2, 0.25) is 0 Å². The van der Waals surface area contributed by atoms with E-state index >= 15 is 0 Å². The van der Waals surface area contributed by atoms with E-state index in [4.69, 9.17) is 9.15 Å². The molecular weight excluding hydrogens is 442 g/mol. The van der Waals surface area contributed by atoms with Crippen molar-refractivity contribution < 1.29 is 31.5 Å². The molecular formula is C23H17F4N3O3. The minimum atomic E-state index is -4.48. The van der Waals surface area contributed by atoms with E-state index in [9.17, 15) is 22.4 Å². The molecule has 4 unspecified atom stereocenters. The number of aromatic nitrogens is 2. The van der Waals surface area contributed by atoms with Gasteiger partial charge in [-0.2, -0.15) is 13.2 Å². The van der Waals surface area contributed by atoms with Gasteiger partial charge in [-0.05, 0) is 43.0 Å². The molecule has 33 heavy (non-hydrogen) atoms. The molecule has 0 bridgehead atoms. The minimum absolute atomic E-state index is 0.0390. The summed E-state index contributed by atoms with van der Waals surface area (Å²) in [5.41, 5.74) is -0.359. The summed E-state index contributed by atoms with van der Waals surface area (Å²) in [7, 11) is 0. The maximum Gasteiger partial charge on any atom is 0.417 e. The Morgan fingerprint density at radius 2 is 2.03 bits per heavy atom. The molecule has 3 aromatic rings. The van der Waals surface area contributed by atoms with E-state index in [0.717, 1.165) is 18.7 Å². The number of amides is 1. The van der Waals surface area contributed by atoms with Crippen LogP contribution < -0.4 is 4.74 Å². The van der Waals surface area contributed by atoms with Crippen LogP contribution in [0.1, 0.15) is 28.8 Å². The highest BCUT2D eigenvalue weighted by Crippen LogP contribution is 2.71. The largest absolute Gasteiger partial charge is 0.472 e. The van der Waals surface area contributed by atoms with Crippen molar-refractivity contribution >= 4 is 5.91 Å². The lowest BCUT2D eigenvalue weighted by Gasteiger charge is -2.47. The summed E-state index contributed by atoms with van der Waals surface area (Å²) in [5.74, 6) is -0.278. The summed E-state index contributed by atoms with van der Waals surface area (Å²) in [6.45, 7) is 0.519. The number of halogens is 4. The fraction of sp³-hybridized carbons (Fsp3) is 0.348. The van der Waals surface area contributed by atoms with Gasteiger partial charge in [-0.15, -0.1) is 0 Å². The number of ether oxygens (including phenoxy) is 1. The van der Waals surface area contributed by atoms with Crippen molar-refractivity contribution in [1.82, 2.24) is 14.9 Å². The van der Waals surface area contributed by atoms with Gasteiger partial charge in [0.15, 0.2) is 0 Å². The monoisotopic (exact) mass is 459 g/mol. The fourth-order valence-corrected chi connectivity index (χ4v) is 5.42. The highest BCUT2D eigenvalue weighted by Gasteiger charge is 2.76. The van der Waals surface area contributed by atoms with Crippen molar-refractivity contribution in [3.63, 3.8) is 0 Å². The second-order valence-corrected chi connectivity index (χ2v) is 8.81. The van der Waals surface area contributed by atoms with E-state index in [1.54, 1.807) is 4.90 Å². The van der Waals surface area contributed by atoms with Gasteiger partial charge in [0.1, 0.15) is 18.2 Å². The number of carbonyl (C=O) groups is 1. The number of pyridine rings is 1. The number of oxazole rings is 1. The van der Waals surface area contributed by atoms with Crippen LogP contribution in [0.25, 0.3) is 11.5 Å². The Bertz CT molecular complexity index is 1230. The van der Waals surface area contributed by atoms with Crippen LogP contribution in [0, 0.1) is 17.2 Å². The van der Waals surface area contributed by atoms with Crippen molar-refractivity contribution in [3.05, 3.63) is 65.9 Å². The fourth-order valence-electron chi connectivity index (χ4n) is 5.42. The molecule has 1 aliphatic heterocycles. The molecule has 170 valence electrons. The predicted molar refractivity (Wildman–Crippen MR) is 106 cm³/mol. The maximum absolute atomic E-state index is 14.1. The zero-order chi connectivity index (χ0) is 23.0. The number of alkyl halides is 3. The third kappa shape index (κ3) is 3.11. The van der Waals surface area contributed by atoms with E-state index in [2.05, 4.69) is 9.97 Å². The molecule has 2 aliphatic carbocycles. The minimum Gasteiger partial charge on any atom is -0.472 e. The van der Waals surface area contributed by atoms with Crippen LogP contribution in [0.15, 0.2) is 53.4 Å². The molecule has 0 N–H and O–H groups in total. The smallest absolute Gasteiger partial charge is 0.417 e. The number of hydrogen-bond donors (Lipinski definition) is 0. The van der Waals surface area contributed by atoms with Crippen molar-refractivity contribution in [2.45, 2.75) is 31.2 Å². The molecule has 3 heterocycles. The molecule has 1 saturated heterocycles. The molecule has 2 saturated carbocycles. The van der Waals surface area contributed by atoms with Crippen LogP contribution in [0.5, 0.6) is 5.88 Å². The van der Waals surface area contributed by atoms with Gasteiger partial charge in [0.25, 0.3) is 5.91 Å². The SMILES string of the molecule is O=C(c1cc(F)ccc1-c1ncco1)N1CC2CC23CC(Oc2ccc(C(F)(F)F)cn2)C13. The Morgan fingerprint density at radius 3 is 2.73 bits per heavy atom. The maximum atomic E-state index is 14.1. The summed E-state index contributed by atoms with van der Waals surface area (Å²) in [4.78, 5) is 23.1. The molecule has 1 spiro atoms. The van der Waals surface area contributed by atoms with Crippen LogP contribution in [0.3, 0.4) is 0 Å². The van der Waals surface area contributed by atoms with E-state index in [-0.39, 0.29) is 34.7 Å². The molecule has 3 aliphatic rings. The summed E-state index contributed by atoms with van der Waals surface area (Å²) < 4.78 is 63.6. The van der Waals surface area contributed by atoms with Crippen molar-refractivity contribution in [2.75, 3.05) is 6.54 Å². The molecule has 1 amide bonds. The number of piperidine rings is 1. The van der Waals surface area contributed by atoms with E-state index < -0.39 is 23.7 Å². The summed E-state index contributed by atoms with van der Waals surface area (Å²) in [6, 6.07) is 5.73. The van der Waals surface area contributed by atoms with Crippen LogP contribution in [-0.4, -0.2) is 39.5 Å². The van der Waals surface area contributed by atoms with Gasteiger partial charge in [0, 0.05) is 24.2 Å². The first kappa shape index (κ1) is 20.2. The Kier molecular flexibility index (Phi) is 4.15. The number of rotatable bonds is 4. The summed E-state index contributed by atoms with van der Waals surface area (Å²) in [6.07, 6.45) is 0.343.